The van der Waals surface area contributed by atoms with Gasteiger partial charge in [0.05, 0.1) is 17.2 Å². The number of hydrogen-bond donors (Lipinski definition) is 1. The van der Waals surface area contributed by atoms with E-state index in [1.165, 1.54) is 11.3 Å². The van der Waals surface area contributed by atoms with Gasteiger partial charge in [-0.3, -0.25) is 0 Å². The first-order chi connectivity index (χ1) is 9.60. The zero-order valence-electron chi connectivity index (χ0n) is 11.3. The summed E-state index contributed by atoms with van der Waals surface area (Å²) in [7, 11) is 0. The summed E-state index contributed by atoms with van der Waals surface area (Å²) in [6.45, 7) is 4.43. The summed E-state index contributed by atoms with van der Waals surface area (Å²) in [5, 5.41) is 9.52. The molecule has 0 saturated heterocycles. The fourth-order valence-electron chi connectivity index (χ4n) is 1.72. The molecule has 5 heteroatoms. The predicted molar refractivity (Wildman–Crippen MR) is 80.1 cm³/mol. The van der Waals surface area contributed by atoms with Crippen LogP contribution in [0.2, 0.25) is 0 Å². The molecule has 20 heavy (non-hydrogen) atoms. The highest BCUT2D eigenvalue weighted by Gasteiger charge is 2.08. The maximum absolute atomic E-state index is 10.6. The highest BCUT2D eigenvalue weighted by molar-refractivity contribution is 7.16. The lowest BCUT2D eigenvalue weighted by atomic mass is 10.2. The summed E-state index contributed by atoms with van der Waals surface area (Å²) in [6, 6.07) is 7.72. The standard InChI is InChI=1S/C15H15NO3S/c1-3-19-12-6-4-5-11(9-12)15-16-10(2)13(20-15)7-8-14(17)18/h4-9H,3H2,1-2H3,(H,17,18)/b8-7+. The first-order valence-electron chi connectivity index (χ1n) is 6.22. The number of carbonyl (C=O) groups is 1. The number of aliphatic carboxylic acids is 1. The Bertz CT molecular complexity index is 646. The zero-order chi connectivity index (χ0) is 14.5. The number of hydrogen-bond acceptors (Lipinski definition) is 4. The van der Waals surface area contributed by atoms with Crippen molar-refractivity contribution in [2.45, 2.75) is 13.8 Å². The summed E-state index contributed by atoms with van der Waals surface area (Å²) >= 11 is 1.46. The molecule has 1 N–H and O–H groups in total. The lowest BCUT2D eigenvalue weighted by molar-refractivity contribution is -0.131. The molecular formula is C15H15NO3S. The number of aromatic nitrogens is 1. The second-order valence-electron chi connectivity index (χ2n) is 4.10. The van der Waals surface area contributed by atoms with E-state index in [0.29, 0.717) is 6.61 Å². The van der Waals surface area contributed by atoms with Gasteiger partial charge in [0, 0.05) is 11.6 Å². The van der Waals surface area contributed by atoms with Crippen molar-refractivity contribution >= 4 is 23.4 Å². The van der Waals surface area contributed by atoms with Crippen LogP contribution in [0.1, 0.15) is 17.5 Å². The molecule has 0 spiro atoms. The number of thiazole rings is 1. The minimum Gasteiger partial charge on any atom is -0.494 e. The Balaban J connectivity index is 2.31. The van der Waals surface area contributed by atoms with Gasteiger partial charge in [-0.2, -0.15) is 0 Å². The Kier molecular flexibility index (Phi) is 4.53. The zero-order valence-corrected chi connectivity index (χ0v) is 12.1. The third-order valence-corrected chi connectivity index (χ3v) is 3.77. The molecule has 0 fully saturated rings. The third-order valence-electron chi connectivity index (χ3n) is 2.60. The van der Waals surface area contributed by atoms with Crippen LogP contribution >= 0.6 is 11.3 Å². The van der Waals surface area contributed by atoms with Crippen LogP contribution in [-0.4, -0.2) is 22.7 Å². The summed E-state index contributed by atoms with van der Waals surface area (Å²) in [5.41, 5.74) is 1.79. The molecule has 0 unspecified atom stereocenters. The lowest BCUT2D eigenvalue weighted by Crippen LogP contribution is -1.91. The van der Waals surface area contributed by atoms with Gasteiger partial charge in [-0.1, -0.05) is 12.1 Å². The molecule has 2 aromatic rings. The largest absolute Gasteiger partial charge is 0.494 e. The summed E-state index contributed by atoms with van der Waals surface area (Å²) in [5.74, 6) is -0.154. The molecule has 104 valence electrons. The van der Waals surface area contributed by atoms with Crippen LogP contribution in [0.15, 0.2) is 30.3 Å². The Hall–Kier alpha value is -2.14. The number of ether oxygens (including phenoxy) is 1. The van der Waals surface area contributed by atoms with Gasteiger partial charge in [0.25, 0.3) is 0 Å². The van der Waals surface area contributed by atoms with Crippen LogP contribution in [0.4, 0.5) is 0 Å². The number of carboxylic acids is 1. The molecule has 2 rings (SSSR count). The molecule has 0 aliphatic carbocycles. The van der Waals surface area contributed by atoms with Crippen LogP contribution in [-0.2, 0) is 4.79 Å². The summed E-state index contributed by atoms with van der Waals surface area (Å²) in [4.78, 5) is 15.9. The number of carboxylic acid groups (broad SMARTS) is 1. The van der Waals surface area contributed by atoms with Crippen molar-refractivity contribution in [1.29, 1.82) is 0 Å². The van der Waals surface area contributed by atoms with E-state index in [1.807, 2.05) is 38.1 Å². The second kappa shape index (κ2) is 6.34. The van der Waals surface area contributed by atoms with E-state index in [-0.39, 0.29) is 0 Å². The van der Waals surface area contributed by atoms with Crippen LogP contribution in [0, 0.1) is 6.92 Å². The number of benzene rings is 1. The predicted octanol–water partition coefficient (Wildman–Crippen LogP) is 3.62. The lowest BCUT2D eigenvalue weighted by Gasteiger charge is -2.03. The van der Waals surface area contributed by atoms with Crippen LogP contribution in [0.5, 0.6) is 5.75 Å². The first kappa shape index (κ1) is 14.3. The van der Waals surface area contributed by atoms with Gasteiger partial charge in [-0.15, -0.1) is 11.3 Å². The van der Waals surface area contributed by atoms with E-state index in [9.17, 15) is 4.79 Å². The normalized spacial score (nSPS) is 10.9. The van der Waals surface area contributed by atoms with Crippen LogP contribution in [0.3, 0.4) is 0 Å². The second-order valence-corrected chi connectivity index (χ2v) is 5.13. The van der Waals surface area contributed by atoms with E-state index < -0.39 is 5.97 Å². The van der Waals surface area contributed by atoms with Gasteiger partial charge in [-0.05, 0) is 32.1 Å². The maximum atomic E-state index is 10.6. The average molecular weight is 289 g/mol. The number of nitrogens with zero attached hydrogens (tertiary/aromatic N) is 1. The van der Waals surface area contributed by atoms with Gasteiger partial charge in [0.1, 0.15) is 10.8 Å². The van der Waals surface area contributed by atoms with E-state index in [0.717, 1.165) is 33.0 Å². The van der Waals surface area contributed by atoms with Crippen molar-refractivity contribution in [3.8, 4) is 16.3 Å². The Morgan fingerprint density at radius 3 is 3.00 bits per heavy atom. The molecule has 0 saturated carbocycles. The van der Waals surface area contributed by atoms with Gasteiger partial charge in [0.2, 0.25) is 0 Å². The summed E-state index contributed by atoms with van der Waals surface area (Å²) in [6.07, 6.45) is 2.70. The smallest absolute Gasteiger partial charge is 0.328 e. The van der Waals surface area contributed by atoms with E-state index in [1.54, 1.807) is 6.08 Å². The van der Waals surface area contributed by atoms with E-state index in [4.69, 9.17) is 9.84 Å². The molecule has 4 nitrogen and oxygen atoms in total. The third kappa shape index (κ3) is 3.45. The van der Waals surface area contributed by atoms with E-state index in [2.05, 4.69) is 4.98 Å². The van der Waals surface area contributed by atoms with Crippen molar-refractivity contribution in [3.05, 3.63) is 40.9 Å². The molecule has 0 aliphatic rings. The minimum atomic E-state index is -0.960. The molecule has 0 radical (unpaired) electrons. The number of aryl methyl sites for hydroxylation is 1. The monoisotopic (exact) mass is 289 g/mol. The summed E-state index contributed by atoms with van der Waals surface area (Å²) < 4.78 is 5.47. The molecule has 0 bridgehead atoms. The van der Waals surface area contributed by atoms with Gasteiger partial charge in [-0.25, -0.2) is 9.78 Å². The molecule has 1 heterocycles. The Morgan fingerprint density at radius 2 is 2.30 bits per heavy atom. The fourth-order valence-corrected chi connectivity index (χ4v) is 2.68. The average Bonchev–Trinajstić information content (AvgIpc) is 2.78. The van der Waals surface area contributed by atoms with Gasteiger partial charge in [0.15, 0.2) is 0 Å². The molecule has 0 atom stereocenters. The van der Waals surface area contributed by atoms with Crippen molar-refractivity contribution in [2.75, 3.05) is 6.61 Å². The molecule has 1 aromatic carbocycles. The van der Waals surface area contributed by atoms with Crippen molar-refractivity contribution in [2.24, 2.45) is 0 Å². The molecular weight excluding hydrogens is 274 g/mol. The van der Waals surface area contributed by atoms with Crippen molar-refractivity contribution < 1.29 is 14.6 Å². The van der Waals surface area contributed by atoms with Crippen molar-refractivity contribution in [1.82, 2.24) is 4.98 Å². The van der Waals surface area contributed by atoms with Gasteiger partial charge >= 0.3 is 5.97 Å². The van der Waals surface area contributed by atoms with Crippen LogP contribution < -0.4 is 4.74 Å². The quantitative estimate of drug-likeness (QED) is 0.854. The molecule has 1 aromatic heterocycles. The van der Waals surface area contributed by atoms with Crippen molar-refractivity contribution in [3.63, 3.8) is 0 Å². The fraction of sp³-hybridized carbons (Fsp3) is 0.200. The first-order valence-corrected chi connectivity index (χ1v) is 7.03. The topological polar surface area (TPSA) is 59.4 Å². The highest BCUT2D eigenvalue weighted by Crippen LogP contribution is 2.30. The Morgan fingerprint density at radius 1 is 1.50 bits per heavy atom. The SMILES string of the molecule is CCOc1cccc(-c2nc(C)c(/C=C/C(=O)O)s2)c1. The highest BCUT2D eigenvalue weighted by atomic mass is 32.1. The van der Waals surface area contributed by atoms with E-state index >= 15 is 0 Å². The van der Waals surface area contributed by atoms with Crippen LogP contribution in [0.25, 0.3) is 16.6 Å². The number of rotatable bonds is 5. The molecule has 0 amide bonds. The minimum absolute atomic E-state index is 0.618. The molecule has 0 aliphatic heterocycles. The Labute approximate surface area is 121 Å². The maximum Gasteiger partial charge on any atom is 0.328 e. The van der Waals surface area contributed by atoms with Gasteiger partial charge < -0.3 is 9.84 Å².